The van der Waals surface area contributed by atoms with E-state index < -0.39 is 0 Å². The van der Waals surface area contributed by atoms with Crippen molar-refractivity contribution in [3.8, 4) is 0 Å². The molecule has 132 valence electrons. The van der Waals surface area contributed by atoms with Crippen molar-refractivity contribution in [1.29, 1.82) is 0 Å². The molecule has 1 unspecified atom stereocenters. The molecule has 2 aromatic rings. The summed E-state index contributed by atoms with van der Waals surface area (Å²) >= 11 is 0. The highest BCUT2D eigenvalue weighted by Gasteiger charge is 2.18. The normalized spacial score (nSPS) is 17.4. The number of hydrogen-bond acceptors (Lipinski definition) is 3. The Morgan fingerprint density at radius 2 is 1.92 bits per heavy atom. The predicted octanol–water partition coefficient (Wildman–Crippen LogP) is 4.50. The summed E-state index contributed by atoms with van der Waals surface area (Å²) in [7, 11) is 0. The lowest BCUT2D eigenvalue weighted by Gasteiger charge is -2.32. The van der Waals surface area contributed by atoms with Crippen LogP contribution in [0.1, 0.15) is 46.9 Å². The Balaban J connectivity index is 1.73. The summed E-state index contributed by atoms with van der Waals surface area (Å²) in [6, 6.07) is 7.99. The van der Waals surface area contributed by atoms with Gasteiger partial charge in [-0.05, 0) is 62.8 Å². The second-order valence-electron chi connectivity index (χ2n) is 7.32. The SMILES string of the molecule is Cc1cc(C)c(NC(=O)c2ccc(N3CCCC(C)C3)cn2)c(C)c1. The summed E-state index contributed by atoms with van der Waals surface area (Å²) in [6.45, 7) is 10.5. The average molecular weight is 337 g/mol. The van der Waals surface area contributed by atoms with Crippen LogP contribution in [0, 0.1) is 26.7 Å². The van der Waals surface area contributed by atoms with Crippen molar-refractivity contribution in [1.82, 2.24) is 4.98 Å². The van der Waals surface area contributed by atoms with E-state index in [9.17, 15) is 4.79 Å². The Morgan fingerprint density at radius 1 is 1.20 bits per heavy atom. The van der Waals surface area contributed by atoms with Crippen LogP contribution in [-0.4, -0.2) is 24.0 Å². The van der Waals surface area contributed by atoms with E-state index >= 15 is 0 Å². The van der Waals surface area contributed by atoms with Crippen LogP contribution in [0.2, 0.25) is 0 Å². The Kier molecular flexibility index (Phi) is 5.07. The van der Waals surface area contributed by atoms with E-state index in [1.807, 2.05) is 32.2 Å². The quantitative estimate of drug-likeness (QED) is 0.897. The summed E-state index contributed by atoms with van der Waals surface area (Å²) in [5.74, 6) is 0.554. The fourth-order valence-corrected chi connectivity index (χ4v) is 3.69. The number of nitrogens with one attached hydrogen (secondary N) is 1. The lowest BCUT2D eigenvalue weighted by atomic mass is 10.00. The van der Waals surface area contributed by atoms with Gasteiger partial charge in [0.05, 0.1) is 11.9 Å². The van der Waals surface area contributed by atoms with Crippen LogP contribution in [-0.2, 0) is 0 Å². The number of anilines is 2. The number of piperidine rings is 1. The minimum Gasteiger partial charge on any atom is -0.370 e. The molecule has 1 saturated heterocycles. The number of carbonyl (C=O) groups excluding carboxylic acids is 1. The Labute approximate surface area is 150 Å². The number of aryl methyl sites for hydroxylation is 3. The summed E-state index contributed by atoms with van der Waals surface area (Å²) in [6.07, 6.45) is 4.33. The van der Waals surface area contributed by atoms with Crippen LogP contribution >= 0.6 is 0 Å². The van der Waals surface area contributed by atoms with Gasteiger partial charge in [-0.25, -0.2) is 4.98 Å². The van der Waals surface area contributed by atoms with Gasteiger partial charge in [0, 0.05) is 18.8 Å². The van der Waals surface area contributed by atoms with Gasteiger partial charge in [-0.3, -0.25) is 4.79 Å². The van der Waals surface area contributed by atoms with Gasteiger partial charge < -0.3 is 10.2 Å². The van der Waals surface area contributed by atoms with Crippen LogP contribution < -0.4 is 10.2 Å². The predicted molar refractivity (Wildman–Crippen MR) is 103 cm³/mol. The zero-order chi connectivity index (χ0) is 18.0. The molecule has 0 spiro atoms. The van der Waals surface area contributed by atoms with Gasteiger partial charge in [0.25, 0.3) is 5.91 Å². The first-order chi connectivity index (χ1) is 11.9. The zero-order valence-electron chi connectivity index (χ0n) is 15.6. The topological polar surface area (TPSA) is 45.2 Å². The van der Waals surface area contributed by atoms with Gasteiger partial charge in [0.15, 0.2) is 0 Å². The molecule has 1 N–H and O–H groups in total. The maximum atomic E-state index is 12.6. The lowest BCUT2D eigenvalue weighted by molar-refractivity contribution is 0.102. The molecule has 4 nitrogen and oxygen atoms in total. The smallest absolute Gasteiger partial charge is 0.274 e. The number of pyridine rings is 1. The van der Waals surface area contributed by atoms with Gasteiger partial charge in [-0.2, -0.15) is 0 Å². The molecule has 1 aliphatic rings. The number of amides is 1. The van der Waals surface area contributed by atoms with Crippen molar-refractivity contribution in [3.05, 3.63) is 52.8 Å². The highest BCUT2D eigenvalue weighted by Crippen LogP contribution is 2.24. The second-order valence-corrected chi connectivity index (χ2v) is 7.32. The van der Waals surface area contributed by atoms with E-state index in [1.165, 1.54) is 18.4 Å². The minimum atomic E-state index is -0.159. The van der Waals surface area contributed by atoms with E-state index in [0.717, 1.165) is 35.6 Å². The van der Waals surface area contributed by atoms with Crippen LogP contribution in [0.5, 0.6) is 0 Å². The molecule has 3 rings (SSSR count). The summed E-state index contributed by atoms with van der Waals surface area (Å²) in [5, 5.41) is 3.01. The average Bonchev–Trinajstić information content (AvgIpc) is 2.58. The molecule has 1 aromatic carbocycles. The Hall–Kier alpha value is -2.36. The summed E-state index contributed by atoms with van der Waals surface area (Å²) in [5.41, 5.74) is 5.78. The maximum absolute atomic E-state index is 12.6. The van der Waals surface area contributed by atoms with Crippen molar-refractivity contribution in [2.24, 2.45) is 5.92 Å². The molecule has 0 aliphatic carbocycles. The first-order valence-electron chi connectivity index (χ1n) is 9.04. The van der Waals surface area contributed by atoms with Gasteiger partial charge in [-0.1, -0.05) is 24.6 Å². The molecule has 0 saturated carbocycles. The second kappa shape index (κ2) is 7.26. The molecule has 0 radical (unpaired) electrons. The molecule has 2 heterocycles. The van der Waals surface area contributed by atoms with Crippen molar-refractivity contribution in [3.63, 3.8) is 0 Å². The van der Waals surface area contributed by atoms with Crippen molar-refractivity contribution in [2.75, 3.05) is 23.3 Å². The van der Waals surface area contributed by atoms with Crippen molar-refractivity contribution in [2.45, 2.75) is 40.5 Å². The monoisotopic (exact) mass is 337 g/mol. The molecule has 1 fully saturated rings. The largest absolute Gasteiger partial charge is 0.370 e. The first-order valence-corrected chi connectivity index (χ1v) is 9.04. The third-order valence-corrected chi connectivity index (χ3v) is 4.92. The summed E-state index contributed by atoms with van der Waals surface area (Å²) in [4.78, 5) is 19.3. The zero-order valence-corrected chi connectivity index (χ0v) is 15.6. The highest BCUT2D eigenvalue weighted by atomic mass is 16.1. The number of benzene rings is 1. The molecular formula is C21H27N3O. The van der Waals surface area contributed by atoms with Crippen LogP contribution in [0.25, 0.3) is 0 Å². The van der Waals surface area contributed by atoms with Gasteiger partial charge in [0.1, 0.15) is 5.69 Å². The molecule has 0 bridgehead atoms. The molecule has 25 heavy (non-hydrogen) atoms. The Morgan fingerprint density at radius 3 is 2.52 bits per heavy atom. The number of aromatic nitrogens is 1. The molecule has 1 aliphatic heterocycles. The van der Waals surface area contributed by atoms with Crippen molar-refractivity contribution < 1.29 is 4.79 Å². The van der Waals surface area contributed by atoms with Gasteiger partial charge >= 0.3 is 0 Å². The van der Waals surface area contributed by atoms with Crippen LogP contribution in [0.3, 0.4) is 0 Å². The number of nitrogens with zero attached hydrogens (tertiary/aromatic N) is 2. The molecule has 1 aromatic heterocycles. The van der Waals surface area contributed by atoms with Gasteiger partial charge in [-0.15, -0.1) is 0 Å². The van der Waals surface area contributed by atoms with E-state index in [1.54, 1.807) is 0 Å². The fraction of sp³-hybridized carbons (Fsp3) is 0.429. The number of rotatable bonds is 3. The van der Waals surface area contributed by atoms with Crippen LogP contribution in [0.15, 0.2) is 30.5 Å². The number of hydrogen-bond donors (Lipinski definition) is 1. The lowest BCUT2D eigenvalue weighted by Crippen LogP contribution is -2.34. The third kappa shape index (κ3) is 4.01. The molecule has 1 atom stereocenters. The van der Waals surface area contributed by atoms with Gasteiger partial charge in [0.2, 0.25) is 0 Å². The molecule has 4 heteroatoms. The highest BCUT2D eigenvalue weighted by molar-refractivity contribution is 6.03. The standard InChI is InChI=1S/C21H27N3O/c1-14-6-5-9-24(13-14)18-7-8-19(22-12-18)21(25)23-20-16(3)10-15(2)11-17(20)4/h7-8,10-12,14H,5-6,9,13H2,1-4H3,(H,23,25). The number of carbonyl (C=O) groups is 1. The van der Waals surface area contributed by atoms with E-state index in [4.69, 9.17) is 0 Å². The molecule has 1 amide bonds. The maximum Gasteiger partial charge on any atom is 0.274 e. The summed E-state index contributed by atoms with van der Waals surface area (Å²) < 4.78 is 0. The van der Waals surface area contributed by atoms with E-state index in [2.05, 4.69) is 41.2 Å². The molecular weight excluding hydrogens is 310 g/mol. The first kappa shape index (κ1) is 17.5. The van der Waals surface area contributed by atoms with Crippen molar-refractivity contribution >= 4 is 17.3 Å². The van der Waals surface area contributed by atoms with E-state index in [-0.39, 0.29) is 5.91 Å². The fourth-order valence-electron chi connectivity index (χ4n) is 3.69. The minimum absolute atomic E-state index is 0.159. The Bertz CT molecular complexity index is 744. The van der Waals surface area contributed by atoms with Crippen LogP contribution in [0.4, 0.5) is 11.4 Å². The van der Waals surface area contributed by atoms with E-state index in [0.29, 0.717) is 11.6 Å². The third-order valence-electron chi connectivity index (χ3n) is 4.92.